The first-order valence-corrected chi connectivity index (χ1v) is 12.7. The van der Waals surface area contributed by atoms with Gasteiger partial charge in [0.05, 0.1) is 22.5 Å². The maximum atomic E-state index is 14.4. The van der Waals surface area contributed by atoms with E-state index < -0.39 is 23.6 Å². The number of ether oxygens (including phenoxy) is 1. The smallest absolute Gasteiger partial charge is 0.471 e. The van der Waals surface area contributed by atoms with E-state index in [1.165, 1.54) is 6.07 Å². The molecule has 0 aliphatic carbocycles. The molecule has 0 fully saturated rings. The van der Waals surface area contributed by atoms with Crippen LogP contribution in [0.25, 0.3) is 28.0 Å². The monoisotopic (exact) mass is 579 g/mol. The number of amides is 1. The molecule has 0 spiro atoms. The lowest BCUT2D eigenvalue weighted by atomic mass is 10.0. The first-order chi connectivity index (χ1) is 20.1. The number of nitrogens with one attached hydrogen (secondary N) is 2. The Bertz CT molecular complexity index is 1740. The molecular weight excluding hydrogens is 554 g/mol. The van der Waals surface area contributed by atoms with Crippen molar-refractivity contribution >= 4 is 28.7 Å². The second-order valence-electron chi connectivity index (χ2n) is 9.47. The topological polar surface area (TPSA) is 96.7 Å². The van der Waals surface area contributed by atoms with Crippen molar-refractivity contribution in [2.45, 2.75) is 6.18 Å². The average Bonchev–Trinajstić information content (AvgIpc) is 3.33. The number of benzene rings is 2. The summed E-state index contributed by atoms with van der Waals surface area (Å²) in [5.74, 6) is -2.36. The summed E-state index contributed by atoms with van der Waals surface area (Å²) in [6, 6.07) is 17.8. The molecule has 0 aliphatic heterocycles. The molecule has 42 heavy (non-hydrogen) atoms. The van der Waals surface area contributed by atoms with Crippen LogP contribution in [0.5, 0.6) is 5.75 Å². The molecule has 1 amide bonds. The fourth-order valence-corrected chi connectivity index (χ4v) is 4.11. The highest BCUT2D eigenvalue weighted by Crippen LogP contribution is 2.36. The fourth-order valence-electron chi connectivity index (χ4n) is 4.11. The number of aromatic nitrogens is 4. The number of hydrogen-bond acceptors (Lipinski definition) is 7. The Morgan fingerprint density at radius 1 is 1.05 bits per heavy atom. The van der Waals surface area contributed by atoms with Gasteiger partial charge < -0.3 is 20.3 Å². The summed E-state index contributed by atoms with van der Waals surface area (Å²) in [5.41, 5.74) is 2.26. The highest BCUT2D eigenvalue weighted by Gasteiger charge is 2.39. The number of halogens is 4. The van der Waals surface area contributed by atoms with Gasteiger partial charge in [-0.1, -0.05) is 12.1 Å². The third-order valence-electron chi connectivity index (χ3n) is 6.09. The van der Waals surface area contributed by atoms with E-state index in [9.17, 15) is 22.4 Å². The summed E-state index contributed by atoms with van der Waals surface area (Å²) in [6.07, 6.45) is -1.93. The number of anilines is 3. The SMILES string of the molecule is CN(C)CCOc1cccc(Nc2nccc(-c3c(-c4ccc(F)c(NC(=O)C(F)(F)F)c4)nn4ccccc34)n2)c1. The minimum absolute atomic E-state index is 0.267. The van der Waals surface area contributed by atoms with E-state index in [1.807, 2.05) is 43.3 Å². The quantitative estimate of drug-likeness (QED) is 0.214. The van der Waals surface area contributed by atoms with E-state index in [0.717, 1.165) is 18.7 Å². The van der Waals surface area contributed by atoms with Crippen LogP contribution >= 0.6 is 0 Å². The lowest BCUT2D eigenvalue weighted by Gasteiger charge is -2.12. The summed E-state index contributed by atoms with van der Waals surface area (Å²) < 4.78 is 60.3. The minimum Gasteiger partial charge on any atom is -0.492 e. The molecule has 216 valence electrons. The number of pyridine rings is 1. The maximum absolute atomic E-state index is 14.4. The van der Waals surface area contributed by atoms with Gasteiger partial charge in [-0.25, -0.2) is 18.9 Å². The van der Waals surface area contributed by atoms with Crippen molar-refractivity contribution < 1.29 is 27.1 Å². The van der Waals surface area contributed by atoms with Crippen LogP contribution in [0.4, 0.5) is 34.9 Å². The van der Waals surface area contributed by atoms with Gasteiger partial charge in [0.2, 0.25) is 5.95 Å². The van der Waals surface area contributed by atoms with Crippen molar-refractivity contribution in [3.63, 3.8) is 0 Å². The van der Waals surface area contributed by atoms with Crippen molar-refractivity contribution in [1.29, 1.82) is 0 Å². The number of hydrogen-bond donors (Lipinski definition) is 2. The van der Waals surface area contributed by atoms with Gasteiger partial charge in [-0.05, 0) is 62.6 Å². The number of carbonyl (C=O) groups excluding carboxylic acids is 1. The summed E-state index contributed by atoms with van der Waals surface area (Å²) in [4.78, 5) is 22.5. The maximum Gasteiger partial charge on any atom is 0.471 e. The summed E-state index contributed by atoms with van der Waals surface area (Å²) in [6.45, 7) is 1.28. The standard InChI is InChI=1S/C29H25F4N7O2/c1-39(2)14-15-42-20-7-5-6-19(17-20)35-28-34-12-11-22(37-28)25-24-8-3-4-13-40(24)38-26(25)18-9-10-21(30)23(16-18)36-27(41)29(31,32)33/h3-13,16-17H,14-15H2,1-2H3,(H,36,41)(H,34,35,37). The van der Waals surface area contributed by atoms with Gasteiger partial charge in [-0.15, -0.1) is 0 Å². The number of nitrogens with zero attached hydrogens (tertiary/aromatic N) is 5. The zero-order chi connectivity index (χ0) is 29.9. The highest BCUT2D eigenvalue weighted by molar-refractivity contribution is 5.96. The Hall–Kier alpha value is -5.04. The molecule has 0 unspecified atom stereocenters. The van der Waals surface area contributed by atoms with E-state index in [0.29, 0.717) is 40.5 Å². The molecule has 9 nitrogen and oxygen atoms in total. The van der Waals surface area contributed by atoms with Crippen molar-refractivity contribution in [3.8, 4) is 28.3 Å². The van der Waals surface area contributed by atoms with Crippen molar-refractivity contribution in [1.82, 2.24) is 24.5 Å². The Morgan fingerprint density at radius 2 is 1.88 bits per heavy atom. The molecule has 0 saturated carbocycles. The lowest BCUT2D eigenvalue weighted by molar-refractivity contribution is -0.167. The van der Waals surface area contributed by atoms with Crippen LogP contribution in [-0.2, 0) is 4.79 Å². The predicted octanol–water partition coefficient (Wildman–Crippen LogP) is 5.78. The first-order valence-electron chi connectivity index (χ1n) is 12.7. The molecule has 2 N–H and O–H groups in total. The van der Waals surface area contributed by atoms with Crippen LogP contribution in [0.3, 0.4) is 0 Å². The van der Waals surface area contributed by atoms with Gasteiger partial charge >= 0.3 is 12.1 Å². The largest absolute Gasteiger partial charge is 0.492 e. The van der Waals surface area contributed by atoms with E-state index in [4.69, 9.17) is 4.74 Å². The second-order valence-corrected chi connectivity index (χ2v) is 9.47. The van der Waals surface area contributed by atoms with Gasteiger partial charge in [-0.2, -0.15) is 18.3 Å². The molecule has 0 radical (unpaired) electrons. The first kappa shape index (κ1) is 28.5. The van der Waals surface area contributed by atoms with Crippen LogP contribution in [0, 0.1) is 5.82 Å². The molecule has 13 heteroatoms. The molecule has 0 atom stereocenters. The number of carbonyl (C=O) groups is 1. The lowest BCUT2D eigenvalue weighted by Crippen LogP contribution is -2.30. The Kier molecular flexibility index (Phi) is 8.02. The fraction of sp³-hybridized carbons (Fsp3) is 0.172. The zero-order valence-corrected chi connectivity index (χ0v) is 22.5. The Morgan fingerprint density at radius 3 is 2.67 bits per heavy atom. The number of alkyl halides is 3. The van der Waals surface area contributed by atoms with Crippen molar-refractivity contribution in [3.05, 3.63) is 84.9 Å². The van der Waals surface area contributed by atoms with E-state index in [-0.39, 0.29) is 11.5 Å². The predicted molar refractivity (Wildman–Crippen MR) is 150 cm³/mol. The third-order valence-corrected chi connectivity index (χ3v) is 6.09. The van der Waals surface area contributed by atoms with E-state index >= 15 is 0 Å². The number of rotatable bonds is 9. The van der Waals surface area contributed by atoms with Gasteiger partial charge in [0, 0.05) is 36.3 Å². The highest BCUT2D eigenvalue weighted by atomic mass is 19.4. The Labute approximate surface area is 237 Å². The van der Waals surface area contributed by atoms with Crippen LogP contribution in [0.2, 0.25) is 0 Å². The average molecular weight is 580 g/mol. The summed E-state index contributed by atoms with van der Waals surface area (Å²) >= 11 is 0. The summed E-state index contributed by atoms with van der Waals surface area (Å²) in [7, 11) is 3.92. The van der Waals surface area contributed by atoms with Crippen molar-refractivity contribution in [2.75, 3.05) is 37.9 Å². The van der Waals surface area contributed by atoms with Gasteiger partial charge in [0.1, 0.15) is 23.9 Å². The molecule has 0 bridgehead atoms. The second kappa shape index (κ2) is 11.8. The van der Waals surface area contributed by atoms with E-state index in [1.54, 1.807) is 46.5 Å². The molecule has 0 aliphatic rings. The van der Waals surface area contributed by atoms with Crippen LogP contribution in [-0.4, -0.2) is 63.8 Å². The third kappa shape index (κ3) is 6.47. The van der Waals surface area contributed by atoms with Gasteiger partial charge in [0.15, 0.2) is 0 Å². The molecule has 0 saturated heterocycles. The van der Waals surface area contributed by atoms with E-state index in [2.05, 4.69) is 20.4 Å². The number of fused-ring (bicyclic) bond motifs is 1. The molecular formula is C29H25F4N7O2. The number of likely N-dealkylation sites (N-methyl/N-ethyl adjacent to an activating group) is 1. The van der Waals surface area contributed by atoms with Gasteiger partial charge in [0.25, 0.3) is 0 Å². The van der Waals surface area contributed by atoms with Crippen molar-refractivity contribution in [2.24, 2.45) is 0 Å². The van der Waals surface area contributed by atoms with Gasteiger partial charge in [-0.3, -0.25) is 4.79 Å². The van der Waals surface area contributed by atoms with Crippen LogP contribution in [0.1, 0.15) is 0 Å². The van der Waals surface area contributed by atoms with Crippen LogP contribution < -0.4 is 15.4 Å². The zero-order valence-electron chi connectivity index (χ0n) is 22.5. The minimum atomic E-state index is -5.18. The molecule has 2 aromatic carbocycles. The summed E-state index contributed by atoms with van der Waals surface area (Å²) in [5, 5.41) is 9.34. The van der Waals surface area contributed by atoms with Crippen LogP contribution in [0.15, 0.2) is 79.1 Å². The molecule has 3 heterocycles. The Balaban J connectivity index is 1.50. The molecule has 5 aromatic rings. The molecule has 5 rings (SSSR count). The normalized spacial score (nSPS) is 11.6. The molecule has 3 aromatic heterocycles.